The first-order valence-corrected chi connectivity index (χ1v) is 8.46. The van der Waals surface area contributed by atoms with Crippen LogP contribution in [0.2, 0.25) is 5.02 Å². The molecule has 6 heteroatoms. The van der Waals surface area contributed by atoms with Crippen molar-refractivity contribution in [2.75, 3.05) is 14.2 Å². The van der Waals surface area contributed by atoms with E-state index in [0.29, 0.717) is 28.9 Å². The fourth-order valence-corrected chi connectivity index (χ4v) is 3.11. The maximum Gasteiger partial charge on any atom is 0.160 e. The Morgan fingerprint density at radius 3 is 2.56 bits per heavy atom. The summed E-state index contributed by atoms with van der Waals surface area (Å²) >= 11 is 6.14. The molecular formula is C19H21ClN2O3. The molecule has 0 bridgehead atoms. The number of fused-ring (bicyclic) bond motifs is 1. The first kappa shape index (κ1) is 17.6. The Bertz CT molecular complexity index is 890. The number of benzene rings is 2. The van der Waals surface area contributed by atoms with Crippen molar-refractivity contribution in [2.24, 2.45) is 0 Å². The second kappa shape index (κ2) is 7.33. The predicted molar refractivity (Wildman–Crippen MR) is 98.6 cm³/mol. The maximum atomic E-state index is 10.1. The molecule has 0 saturated heterocycles. The number of ether oxygens (including phenoxy) is 2. The molecular weight excluding hydrogens is 340 g/mol. The van der Waals surface area contributed by atoms with Gasteiger partial charge in [-0.05, 0) is 49.2 Å². The van der Waals surface area contributed by atoms with Gasteiger partial charge in [0.15, 0.2) is 11.5 Å². The van der Waals surface area contributed by atoms with Crippen LogP contribution < -0.4 is 9.47 Å². The van der Waals surface area contributed by atoms with Crippen molar-refractivity contribution in [3.8, 4) is 11.5 Å². The molecule has 0 spiro atoms. The van der Waals surface area contributed by atoms with Gasteiger partial charge in [0.2, 0.25) is 0 Å². The van der Waals surface area contributed by atoms with Crippen LogP contribution in [-0.2, 0) is 13.0 Å². The van der Waals surface area contributed by atoms with Crippen LogP contribution in [0.25, 0.3) is 11.0 Å². The van der Waals surface area contributed by atoms with E-state index in [1.54, 1.807) is 27.2 Å². The number of rotatable bonds is 6. The molecule has 0 radical (unpaired) electrons. The Morgan fingerprint density at radius 1 is 1.12 bits per heavy atom. The third-order valence-corrected chi connectivity index (χ3v) is 4.42. The summed E-state index contributed by atoms with van der Waals surface area (Å²) in [5, 5.41) is 10.7. The molecule has 1 heterocycles. The van der Waals surface area contributed by atoms with E-state index in [-0.39, 0.29) is 0 Å². The van der Waals surface area contributed by atoms with Crippen LogP contribution in [0.15, 0.2) is 36.4 Å². The predicted octanol–water partition coefficient (Wildman–Crippen LogP) is 4.00. The molecule has 1 N–H and O–H groups in total. The third kappa shape index (κ3) is 3.57. The third-order valence-electron chi connectivity index (χ3n) is 4.19. The Balaban J connectivity index is 1.92. The van der Waals surface area contributed by atoms with Crippen LogP contribution in [0, 0.1) is 0 Å². The van der Waals surface area contributed by atoms with Crippen molar-refractivity contribution in [1.82, 2.24) is 9.55 Å². The molecule has 1 unspecified atom stereocenters. The van der Waals surface area contributed by atoms with Gasteiger partial charge < -0.3 is 19.1 Å². The summed E-state index contributed by atoms with van der Waals surface area (Å²) in [4.78, 5) is 4.54. The molecule has 1 atom stereocenters. The molecule has 5 nitrogen and oxygen atoms in total. The van der Waals surface area contributed by atoms with Gasteiger partial charge in [-0.25, -0.2) is 4.98 Å². The average molecular weight is 361 g/mol. The molecule has 0 aliphatic heterocycles. The molecule has 1 aromatic heterocycles. The molecule has 132 valence electrons. The van der Waals surface area contributed by atoms with Crippen molar-refractivity contribution in [3.63, 3.8) is 0 Å². The smallest absolute Gasteiger partial charge is 0.160 e. The van der Waals surface area contributed by atoms with E-state index in [9.17, 15) is 5.11 Å². The summed E-state index contributed by atoms with van der Waals surface area (Å²) in [6.45, 7) is 2.39. The number of hydrogen-bond donors (Lipinski definition) is 1. The van der Waals surface area contributed by atoms with Gasteiger partial charge in [0.25, 0.3) is 0 Å². The van der Waals surface area contributed by atoms with Crippen LogP contribution >= 0.6 is 11.6 Å². The van der Waals surface area contributed by atoms with E-state index < -0.39 is 6.10 Å². The van der Waals surface area contributed by atoms with E-state index in [1.807, 2.05) is 34.9 Å². The van der Waals surface area contributed by atoms with Crippen LogP contribution in [0.5, 0.6) is 11.5 Å². The SMILES string of the molecule is COc1ccc(CCn2c(C(C)O)nc3ccc(Cl)cc32)cc1OC. The highest BCUT2D eigenvalue weighted by atomic mass is 35.5. The maximum absolute atomic E-state index is 10.1. The van der Waals surface area contributed by atoms with E-state index >= 15 is 0 Å². The highest BCUT2D eigenvalue weighted by Crippen LogP contribution is 2.29. The van der Waals surface area contributed by atoms with Crippen LogP contribution in [0.4, 0.5) is 0 Å². The lowest BCUT2D eigenvalue weighted by Gasteiger charge is -2.13. The molecule has 25 heavy (non-hydrogen) atoms. The monoisotopic (exact) mass is 360 g/mol. The van der Waals surface area contributed by atoms with Crippen LogP contribution in [-0.4, -0.2) is 28.9 Å². The average Bonchev–Trinajstić information content (AvgIpc) is 2.97. The summed E-state index contributed by atoms with van der Waals surface area (Å²) in [5.74, 6) is 2.04. The Morgan fingerprint density at radius 2 is 1.88 bits per heavy atom. The van der Waals surface area contributed by atoms with Crippen molar-refractivity contribution in [1.29, 1.82) is 0 Å². The molecule has 0 aliphatic carbocycles. The fraction of sp³-hybridized carbons (Fsp3) is 0.316. The van der Waals surface area contributed by atoms with E-state index in [1.165, 1.54) is 0 Å². The number of aliphatic hydroxyl groups is 1. The van der Waals surface area contributed by atoms with Crippen molar-refractivity contribution in [3.05, 3.63) is 52.8 Å². The van der Waals surface area contributed by atoms with E-state index in [4.69, 9.17) is 21.1 Å². The molecule has 0 amide bonds. The van der Waals surface area contributed by atoms with Crippen molar-refractivity contribution < 1.29 is 14.6 Å². The highest BCUT2D eigenvalue weighted by Gasteiger charge is 2.15. The van der Waals surface area contributed by atoms with Gasteiger partial charge >= 0.3 is 0 Å². The van der Waals surface area contributed by atoms with Crippen molar-refractivity contribution >= 4 is 22.6 Å². The topological polar surface area (TPSA) is 56.5 Å². The first-order valence-electron chi connectivity index (χ1n) is 8.08. The Labute approximate surface area is 151 Å². The number of aliphatic hydroxyl groups excluding tert-OH is 1. The standard InChI is InChI=1S/C19H21ClN2O3/c1-12(23)19-21-15-6-5-14(20)11-16(15)22(19)9-8-13-4-7-17(24-2)18(10-13)25-3/h4-7,10-12,23H,8-9H2,1-3H3. The van der Waals surface area contributed by atoms with Crippen molar-refractivity contribution in [2.45, 2.75) is 26.0 Å². The number of hydrogen-bond acceptors (Lipinski definition) is 4. The zero-order valence-electron chi connectivity index (χ0n) is 14.5. The lowest BCUT2D eigenvalue weighted by molar-refractivity contribution is 0.184. The van der Waals surface area contributed by atoms with E-state index in [2.05, 4.69) is 4.98 Å². The molecule has 3 aromatic rings. The van der Waals surface area contributed by atoms with Gasteiger partial charge in [-0.15, -0.1) is 0 Å². The molecule has 0 aliphatic rings. The van der Waals surface area contributed by atoms with Gasteiger partial charge in [0.1, 0.15) is 11.9 Å². The molecule has 0 saturated carbocycles. The lowest BCUT2D eigenvalue weighted by atomic mass is 10.1. The minimum absolute atomic E-state index is 0.637. The quantitative estimate of drug-likeness (QED) is 0.721. The summed E-state index contributed by atoms with van der Waals surface area (Å²) in [5.41, 5.74) is 2.86. The van der Waals surface area contributed by atoms with Gasteiger partial charge in [-0.3, -0.25) is 0 Å². The first-order chi connectivity index (χ1) is 12.0. The summed E-state index contributed by atoms with van der Waals surface area (Å²) in [7, 11) is 3.24. The van der Waals surface area contributed by atoms with Crippen LogP contribution in [0.3, 0.4) is 0 Å². The number of methoxy groups -OCH3 is 2. The van der Waals surface area contributed by atoms with Gasteiger partial charge in [-0.1, -0.05) is 17.7 Å². The van der Waals surface area contributed by atoms with Gasteiger partial charge in [0, 0.05) is 11.6 Å². The number of halogens is 1. The zero-order chi connectivity index (χ0) is 18.0. The molecule has 2 aromatic carbocycles. The second-order valence-corrected chi connectivity index (χ2v) is 6.31. The summed E-state index contributed by atoms with van der Waals surface area (Å²) < 4.78 is 12.7. The van der Waals surface area contributed by atoms with E-state index in [0.717, 1.165) is 23.0 Å². The highest BCUT2D eigenvalue weighted by molar-refractivity contribution is 6.31. The Kier molecular flexibility index (Phi) is 5.16. The minimum Gasteiger partial charge on any atom is -0.493 e. The lowest BCUT2D eigenvalue weighted by Crippen LogP contribution is -2.09. The number of imidazole rings is 1. The van der Waals surface area contributed by atoms with Gasteiger partial charge in [0.05, 0.1) is 25.3 Å². The summed E-state index contributed by atoms with van der Waals surface area (Å²) in [6.07, 6.45) is 0.106. The fourth-order valence-electron chi connectivity index (χ4n) is 2.95. The normalized spacial score (nSPS) is 12.4. The zero-order valence-corrected chi connectivity index (χ0v) is 15.2. The number of aromatic nitrogens is 2. The summed E-state index contributed by atoms with van der Waals surface area (Å²) in [6, 6.07) is 11.4. The Hall–Kier alpha value is -2.24. The molecule has 3 rings (SSSR count). The second-order valence-electron chi connectivity index (χ2n) is 5.87. The molecule has 0 fully saturated rings. The number of aryl methyl sites for hydroxylation is 2. The van der Waals surface area contributed by atoms with Gasteiger partial charge in [-0.2, -0.15) is 0 Å². The minimum atomic E-state index is -0.656. The largest absolute Gasteiger partial charge is 0.493 e. The van der Waals surface area contributed by atoms with Crippen LogP contribution in [0.1, 0.15) is 24.4 Å². The number of nitrogens with zero attached hydrogens (tertiary/aromatic N) is 2.